The Kier molecular flexibility index (Phi) is 4.24. The molecular formula is C14H15NO5. The van der Waals surface area contributed by atoms with Gasteiger partial charge in [0.2, 0.25) is 0 Å². The molecule has 0 bridgehead atoms. The van der Waals surface area contributed by atoms with Crippen molar-refractivity contribution in [3.05, 3.63) is 30.0 Å². The first-order chi connectivity index (χ1) is 9.61. The highest BCUT2D eigenvalue weighted by molar-refractivity contribution is 5.97. The van der Waals surface area contributed by atoms with Crippen molar-refractivity contribution in [2.75, 3.05) is 13.7 Å². The third-order valence-corrected chi connectivity index (χ3v) is 2.80. The van der Waals surface area contributed by atoms with Crippen molar-refractivity contribution in [2.24, 2.45) is 0 Å². The van der Waals surface area contributed by atoms with E-state index in [1.54, 1.807) is 12.1 Å². The third-order valence-electron chi connectivity index (χ3n) is 2.80. The lowest BCUT2D eigenvalue weighted by Crippen LogP contribution is -2.24. The maximum absolute atomic E-state index is 11.9. The molecule has 20 heavy (non-hydrogen) atoms. The molecule has 2 N–H and O–H groups in total. The molecule has 0 fully saturated rings. The van der Waals surface area contributed by atoms with Crippen LogP contribution >= 0.6 is 0 Å². The van der Waals surface area contributed by atoms with E-state index in [9.17, 15) is 9.59 Å². The van der Waals surface area contributed by atoms with Crippen LogP contribution in [-0.4, -0.2) is 30.6 Å². The summed E-state index contributed by atoms with van der Waals surface area (Å²) in [6.07, 6.45) is 0.402. The van der Waals surface area contributed by atoms with Gasteiger partial charge in [-0.15, -0.1) is 0 Å². The van der Waals surface area contributed by atoms with Crippen molar-refractivity contribution < 1.29 is 23.8 Å². The van der Waals surface area contributed by atoms with Gasteiger partial charge in [0, 0.05) is 18.4 Å². The summed E-state index contributed by atoms with van der Waals surface area (Å²) in [6.45, 7) is 0.291. The molecule has 1 amide bonds. The summed E-state index contributed by atoms with van der Waals surface area (Å²) in [5.74, 6) is -0.506. The van der Waals surface area contributed by atoms with Gasteiger partial charge in [0.15, 0.2) is 17.1 Å². The summed E-state index contributed by atoms with van der Waals surface area (Å²) in [6, 6.07) is 7.01. The highest BCUT2D eigenvalue weighted by Gasteiger charge is 2.14. The summed E-state index contributed by atoms with van der Waals surface area (Å²) in [5, 5.41) is 11.9. The van der Waals surface area contributed by atoms with E-state index in [2.05, 4.69) is 5.32 Å². The highest BCUT2D eigenvalue weighted by Crippen LogP contribution is 2.28. The number of hydrogen-bond donors (Lipinski definition) is 2. The molecule has 0 aliphatic heterocycles. The number of furan rings is 1. The largest absolute Gasteiger partial charge is 0.493 e. The molecule has 0 aliphatic rings. The van der Waals surface area contributed by atoms with Crippen molar-refractivity contribution in [1.29, 1.82) is 0 Å². The molecule has 1 aromatic heterocycles. The first kappa shape index (κ1) is 13.9. The predicted molar refractivity (Wildman–Crippen MR) is 72.0 cm³/mol. The number of methoxy groups -OCH3 is 1. The van der Waals surface area contributed by atoms with Gasteiger partial charge >= 0.3 is 5.97 Å². The van der Waals surface area contributed by atoms with Crippen LogP contribution in [0.15, 0.2) is 28.7 Å². The number of hydrogen-bond acceptors (Lipinski definition) is 4. The van der Waals surface area contributed by atoms with Crippen LogP contribution in [0.1, 0.15) is 23.4 Å². The number of carboxylic acid groups (broad SMARTS) is 1. The molecule has 0 aliphatic carbocycles. The zero-order valence-electron chi connectivity index (χ0n) is 11.0. The summed E-state index contributed by atoms with van der Waals surface area (Å²) < 4.78 is 10.6. The van der Waals surface area contributed by atoms with Gasteiger partial charge in [-0.05, 0) is 18.6 Å². The molecular weight excluding hydrogens is 262 g/mol. The first-order valence-electron chi connectivity index (χ1n) is 6.18. The van der Waals surface area contributed by atoms with Crippen molar-refractivity contribution in [3.63, 3.8) is 0 Å². The van der Waals surface area contributed by atoms with Crippen LogP contribution in [0, 0.1) is 0 Å². The summed E-state index contributed by atoms with van der Waals surface area (Å²) in [7, 11) is 1.53. The number of carbonyl (C=O) groups excluding carboxylic acids is 1. The zero-order valence-corrected chi connectivity index (χ0v) is 11.0. The maximum Gasteiger partial charge on any atom is 0.303 e. The molecule has 0 atom stereocenters. The summed E-state index contributed by atoms with van der Waals surface area (Å²) in [5.41, 5.74) is 0.519. The van der Waals surface area contributed by atoms with Crippen LogP contribution in [0.4, 0.5) is 0 Å². The number of nitrogens with one attached hydrogen (secondary N) is 1. The van der Waals surface area contributed by atoms with Gasteiger partial charge in [-0.25, -0.2) is 0 Å². The van der Waals surface area contributed by atoms with E-state index in [1.807, 2.05) is 12.1 Å². The third kappa shape index (κ3) is 3.09. The Balaban J connectivity index is 2.05. The van der Waals surface area contributed by atoms with E-state index in [1.165, 1.54) is 7.11 Å². The van der Waals surface area contributed by atoms with E-state index < -0.39 is 5.97 Å². The SMILES string of the molecule is COc1cccc2cc(C(=O)NCCCC(=O)O)oc12. The average molecular weight is 277 g/mol. The quantitative estimate of drug-likeness (QED) is 0.789. The Bertz CT molecular complexity index is 632. The first-order valence-corrected chi connectivity index (χ1v) is 6.18. The van der Waals surface area contributed by atoms with E-state index in [0.29, 0.717) is 24.3 Å². The molecule has 0 unspecified atom stereocenters. The van der Waals surface area contributed by atoms with E-state index in [0.717, 1.165) is 5.39 Å². The number of carbonyl (C=O) groups is 2. The number of para-hydroxylation sites is 1. The van der Waals surface area contributed by atoms with Gasteiger partial charge in [-0.1, -0.05) is 12.1 Å². The Morgan fingerprint density at radius 2 is 2.20 bits per heavy atom. The second-order valence-electron chi connectivity index (χ2n) is 4.24. The number of aliphatic carboxylic acids is 1. The normalized spacial score (nSPS) is 10.4. The topological polar surface area (TPSA) is 88.8 Å². The molecule has 0 saturated heterocycles. The fourth-order valence-electron chi connectivity index (χ4n) is 1.84. The number of amides is 1. The van der Waals surface area contributed by atoms with Gasteiger partial charge in [-0.2, -0.15) is 0 Å². The monoisotopic (exact) mass is 277 g/mol. The average Bonchev–Trinajstić information content (AvgIpc) is 2.87. The van der Waals surface area contributed by atoms with Gasteiger partial charge in [-0.3, -0.25) is 9.59 Å². The number of ether oxygens (including phenoxy) is 1. The molecule has 0 saturated carbocycles. The smallest absolute Gasteiger partial charge is 0.303 e. The zero-order chi connectivity index (χ0) is 14.5. The minimum Gasteiger partial charge on any atom is -0.493 e. The molecule has 6 heteroatoms. The van der Waals surface area contributed by atoms with Crippen molar-refractivity contribution >= 4 is 22.8 Å². The molecule has 0 radical (unpaired) electrons. The summed E-state index contributed by atoms with van der Waals surface area (Å²) in [4.78, 5) is 22.2. The van der Waals surface area contributed by atoms with E-state index >= 15 is 0 Å². The van der Waals surface area contributed by atoms with Gasteiger partial charge in [0.1, 0.15) is 0 Å². The molecule has 1 aromatic carbocycles. The van der Waals surface area contributed by atoms with Gasteiger partial charge < -0.3 is 19.6 Å². The lowest BCUT2D eigenvalue weighted by atomic mass is 10.2. The second-order valence-corrected chi connectivity index (χ2v) is 4.24. The molecule has 6 nitrogen and oxygen atoms in total. The number of benzene rings is 1. The van der Waals surface area contributed by atoms with E-state index in [-0.39, 0.29) is 18.1 Å². The minimum absolute atomic E-state index is 0.0221. The molecule has 106 valence electrons. The number of carboxylic acids is 1. The van der Waals surface area contributed by atoms with E-state index in [4.69, 9.17) is 14.3 Å². The second kappa shape index (κ2) is 6.10. The molecule has 2 aromatic rings. The molecule has 2 rings (SSSR count). The Morgan fingerprint density at radius 1 is 1.40 bits per heavy atom. The lowest BCUT2D eigenvalue weighted by Gasteiger charge is -2.01. The maximum atomic E-state index is 11.9. The Hall–Kier alpha value is -2.50. The van der Waals surface area contributed by atoms with Crippen LogP contribution in [-0.2, 0) is 4.79 Å². The predicted octanol–water partition coefficient (Wildman–Crippen LogP) is 2.04. The van der Waals surface area contributed by atoms with Crippen molar-refractivity contribution in [2.45, 2.75) is 12.8 Å². The van der Waals surface area contributed by atoms with Crippen LogP contribution in [0.25, 0.3) is 11.0 Å². The van der Waals surface area contributed by atoms with Gasteiger partial charge in [0.25, 0.3) is 5.91 Å². The fourth-order valence-corrected chi connectivity index (χ4v) is 1.84. The molecule has 1 heterocycles. The summed E-state index contributed by atoms with van der Waals surface area (Å²) >= 11 is 0. The van der Waals surface area contributed by atoms with Gasteiger partial charge in [0.05, 0.1) is 7.11 Å². The standard InChI is InChI=1S/C14H15NO5/c1-19-10-5-2-4-9-8-11(20-13(9)10)14(18)15-7-3-6-12(16)17/h2,4-5,8H,3,6-7H2,1H3,(H,15,18)(H,16,17). The van der Waals surface area contributed by atoms with Crippen molar-refractivity contribution in [1.82, 2.24) is 5.32 Å². The Morgan fingerprint density at radius 3 is 2.90 bits per heavy atom. The van der Waals surface area contributed by atoms with Crippen molar-refractivity contribution in [3.8, 4) is 5.75 Å². The minimum atomic E-state index is -0.882. The fraction of sp³-hybridized carbons (Fsp3) is 0.286. The number of rotatable bonds is 6. The Labute approximate surface area is 115 Å². The van der Waals surface area contributed by atoms with Crippen LogP contribution < -0.4 is 10.1 Å². The van der Waals surface area contributed by atoms with Crippen LogP contribution in [0.2, 0.25) is 0 Å². The molecule has 0 spiro atoms. The highest BCUT2D eigenvalue weighted by atomic mass is 16.5. The number of fused-ring (bicyclic) bond motifs is 1. The van der Waals surface area contributed by atoms with Crippen LogP contribution in [0.5, 0.6) is 5.75 Å². The lowest BCUT2D eigenvalue weighted by molar-refractivity contribution is -0.137. The van der Waals surface area contributed by atoms with Crippen LogP contribution in [0.3, 0.4) is 0 Å².